The summed E-state index contributed by atoms with van der Waals surface area (Å²) in [6, 6.07) is 0. The zero-order valence-corrected chi connectivity index (χ0v) is 16.4. The third kappa shape index (κ3) is 7.92. The SMILES string of the molecule is C=CC(=O)OC(CCC)[Si](OC)(OC)OC.CCO[SiH3]. The molecule has 0 rings (SSSR count). The van der Waals surface area contributed by atoms with E-state index in [0.717, 1.165) is 29.6 Å². The molecule has 0 heterocycles. The first kappa shape index (κ1) is 21.8. The van der Waals surface area contributed by atoms with E-state index >= 15 is 0 Å². The van der Waals surface area contributed by atoms with Crippen LogP contribution in [0.4, 0.5) is 0 Å². The highest BCUT2D eigenvalue weighted by atomic mass is 28.4. The van der Waals surface area contributed by atoms with Crippen LogP contribution in [0.2, 0.25) is 0 Å². The molecule has 0 aromatic carbocycles. The molecule has 8 heteroatoms. The fraction of sp³-hybridized carbons (Fsp3) is 0.750. The van der Waals surface area contributed by atoms with E-state index in [1.165, 1.54) is 21.3 Å². The summed E-state index contributed by atoms with van der Waals surface area (Å²) in [4.78, 5) is 11.2. The molecule has 0 amide bonds. The monoisotopic (exact) mass is 324 g/mol. The Labute approximate surface area is 126 Å². The molecule has 0 aliphatic carbocycles. The topological polar surface area (TPSA) is 63.2 Å². The van der Waals surface area contributed by atoms with Crippen molar-refractivity contribution in [3.8, 4) is 0 Å². The maximum absolute atomic E-state index is 11.2. The summed E-state index contributed by atoms with van der Waals surface area (Å²) in [5.74, 6) is -0.499. The Kier molecular flexibility index (Phi) is 14.7. The van der Waals surface area contributed by atoms with Crippen molar-refractivity contribution in [3.05, 3.63) is 12.7 Å². The smallest absolute Gasteiger partial charge is 0.455 e. The summed E-state index contributed by atoms with van der Waals surface area (Å²) in [6.45, 7) is 8.21. The first-order chi connectivity index (χ1) is 9.51. The molecule has 1 unspecified atom stereocenters. The van der Waals surface area contributed by atoms with Crippen LogP contribution in [0.3, 0.4) is 0 Å². The molecule has 0 fully saturated rings. The lowest BCUT2D eigenvalue weighted by atomic mass is 10.3. The molecular weight excluding hydrogens is 296 g/mol. The molecule has 1 atom stereocenters. The highest BCUT2D eigenvalue weighted by molar-refractivity contribution is 6.62. The van der Waals surface area contributed by atoms with Crippen LogP contribution in [0, 0.1) is 0 Å². The third-order valence-electron chi connectivity index (χ3n) is 2.51. The van der Waals surface area contributed by atoms with Crippen LogP contribution in [0.15, 0.2) is 12.7 Å². The molecule has 20 heavy (non-hydrogen) atoms. The van der Waals surface area contributed by atoms with E-state index in [4.69, 9.17) is 18.0 Å². The predicted molar refractivity (Wildman–Crippen MR) is 83.3 cm³/mol. The number of ether oxygens (including phenoxy) is 1. The van der Waals surface area contributed by atoms with Gasteiger partial charge in [0.1, 0.15) is 10.5 Å². The van der Waals surface area contributed by atoms with Gasteiger partial charge >= 0.3 is 14.8 Å². The van der Waals surface area contributed by atoms with Gasteiger partial charge < -0.3 is 22.4 Å². The van der Waals surface area contributed by atoms with E-state index in [-0.39, 0.29) is 0 Å². The van der Waals surface area contributed by atoms with Crippen LogP contribution in [0.25, 0.3) is 0 Å². The Morgan fingerprint density at radius 1 is 1.25 bits per heavy atom. The van der Waals surface area contributed by atoms with E-state index < -0.39 is 20.5 Å². The van der Waals surface area contributed by atoms with Crippen LogP contribution in [-0.2, 0) is 27.2 Å². The van der Waals surface area contributed by atoms with Crippen molar-refractivity contribution >= 4 is 25.3 Å². The van der Waals surface area contributed by atoms with E-state index in [1.807, 2.05) is 13.8 Å². The number of hydrogen-bond acceptors (Lipinski definition) is 6. The molecule has 0 saturated carbocycles. The van der Waals surface area contributed by atoms with Crippen molar-refractivity contribution in [1.82, 2.24) is 0 Å². The van der Waals surface area contributed by atoms with Gasteiger partial charge in [-0.25, -0.2) is 4.79 Å². The van der Waals surface area contributed by atoms with Gasteiger partial charge in [-0.3, -0.25) is 0 Å². The summed E-state index contributed by atoms with van der Waals surface area (Å²) >= 11 is 0. The van der Waals surface area contributed by atoms with Gasteiger partial charge in [0.2, 0.25) is 0 Å². The van der Waals surface area contributed by atoms with Crippen LogP contribution >= 0.6 is 0 Å². The van der Waals surface area contributed by atoms with Crippen molar-refractivity contribution in [2.75, 3.05) is 27.9 Å². The molecule has 0 aromatic rings. The van der Waals surface area contributed by atoms with Crippen LogP contribution in [0.5, 0.6) is 0 Å². The summed E-state index contributed by atoms with van der Waals surface area (Å²) in [7, 11) is 2.42. The third-order valence-corrected chi connectivity index (χ3v) is 5.99. The first-order valence-electron chi connectivity index (χ1n) is 6.49. The van der Waals surface area contributed by atoms with Gasteiger partial charge in [0.25, 0.3) is 0 Å². The number of esters is 1. The van der Waals surface area contributed by atoms with Crippen LogP contribution in [0.1, 0.15) is 26.7 Å². The Morgan fingerprint density at radius 2 is 1.70 bits per heavy atom. The second-order valence-electron chi connectivity index (χ2n) is 3.71. The Bertz CT molecular complexity index is 248. The molecule has 0 aliphatic rings. The quantitative estimate of drug-likeness (QED) is 0.352. The van der Waals surface area contributed by atoms with Crippen molar-refractivity contribution in [1.29, 1.82) is 0 Å². The molecular formula is C12H28O6Si2. The van der Waals surface area contributed by atoms with Gasteiger partial charge in [-0.15, -0.1) is 0 Å². The summed E-state index contributed by atoms with van der Waals surface area (Å²) < 4.78 is 25.7. The standard InChI is InChI=1S/C10H20O5Si.C2H8OSi/c1-6-8-10(15-9(11)7-2)16(12-3,13-4)14-5;1-2-3-4/h7,10H,2,6,8H2,1,3-5H3;2H2,1,4H3. The Hall–Kier alpha value is -0.516. The van der Waals surface area contributed by atoms with E-state index in [9.17, 15) is 4.79 Å². The molecule has 120 valence electrons. The van der Waals surface area contributed by atoms with Gasteiger partial charge in [0.05, 0.1) is 0 Å². The normalized spacial score (nSPS) is 12.2. The average Bonchev–Trinajstić information content (AvgIpc) is 2.49. The van der Waals surface area contributed by atoms with Gasteiger partial charge in [0.15, 0.2) is 5.73 Å². The average molecular weight is 325 g/mol. The molecule has 0 spiro atoms. The first-order valence-corrected chi connectivity index (χ1v) is 9.10. The van der Waals surface area contributed by atoms with Gasteiger partial charge in [-0.05, 0) is 13.3 Å². The van der Waals surface area contributed by atoms with Gasteiger partial charge in [0, 0.05) is 34.0 Å². The molecule has 0 aliphatic heterocycles. The maximum Gasteiger partial charge on any atom is 0.543 e. The Morgan fingerprint density at radius 3 is 1.95 bits per heavy atom. The van der Waals surface area contributed by atoms with E-state index in [1.54, 1.807) is 0 Å². The highest BCUT2D eigenvalue weighted by Gasteiger charge is 2.49. The largest absolute Gasteiger partial charge is 0.543 e. The number of carbonyl (C=O) groups excluding carboxylic acids is 1. The second-order valence-corrected chi connectivity index (χ2v) is 7.36. The number of hydrogen-bond donors (Lipinski definition) is 0. The van der Waals surface area contributed by atoms with Crippen LogP contribution in [-0.4, -0.2) is 58.9 Å². The van der Waals surface area contributed by atoms with Crippen molar-refractivity contribution < 1.29 is 27.2 Å². The lowest BCUT2D eigenvalue weighted by Crippen LogP contribution is -2.56. The molecule has 0 N–H and O–H groups in total. The van der Waals surface area contributed by atoms with Crippen molar-refractivity contribution in [3.63, 3.8) is 0 Å². The molecule has 0 radical (unpaired) electrons. The van der Waals surface area contributed by atoms with Crippen molar-refractivity contribution in [2.45, 2.75) is 32.4 Å². The maximum atomic E-state index is 11.2. The minimum Gasteiger partial charge on any atom is -0.455 e. The zero-order valence-electron chi connectivity index (χ0n) is 13.4. The second kappa shape index (κ2) is 13.5. The van der Waals surface area contributed by atoms with Crippen LogP contribution < -0.4 is 0 Å². The molecule has 0 bridgehead atoms. The number of rotatable bonds is 9. The lowest BCUT2D eigenvalue weighted by Gasteiger charge is -2.31. The molecule has 0 saturated heterocycles. The number of carbonyl (C=O) groups is 1. The van der Waals surface area contributed by atoms with Gasteiger partial charge in [-0.1, -0.05) is 19.9 Å². The fourth-order valence-corrected chi connectivity index (χ4v) is 3.59. The predicted octanol–water partition coefficient (Wildman–Crippen LogP) is 0.605. The zero-order chi connectivity index (χ0) is 16.0. The van der Waals surface area contributed by atoms with Crippen molar-refractivity contribution in [2.24, 2.45) is 0 Å². The van der Waals surface area contributed by atoms with Gasteiger partial charge in [-0.2, -0.15) is 0 Å². The lowest BCUT2D eigenvalue weighted by molar-refractivity contribution is -0.142. The highest BCUT2D eigenvalue weighted by Crippen LogP contribution is 2.19. The van der Waals surface area contributed by atoms with E-state index in [2.05, 4.69) is 11.0 Å². The molecule has 6 nitrogen and oxygen atoms in total. The Balaban J connectivity index is 0. The fourth-order valence-electron chi connectivity index (χ4n) is 1.40. The molecule has 0 aromatic heterocycles. The minimum absolute atomic E-state index is 0.497. The summed E-state index contributed by atoms with van der Waals surface area (Å²) in [5, 5.41) is 0. The minimum atomic E-state index is -2.94. The summed E-state index contributed by atoms with van der Waals surface area (Å²) in [6.07, 6.45) is 2.57. The van der Waals surface area contributed by atoms with E-state index in [0.29, 0.717) is 6.42 Å². The summed E-state index contributed by atoms with van der Waals surface area (Å²) in [5.41, 5.74) is -0.497.